The molecule has 0 aliphatic carbocycles. The molecule has 26 heavy (non-hydrogen) atoms. The first-order chi connectivity index (χ1) is 12.6. The number of ether oxygens (including phenoxy) is 2. The lowest BCUT2D eigenvalue weighted by Gasteiger charge is -2.17. The average molecular weight is 351 g/mol. The van der Waals surface area contributed by atoms with E-state index in [0.717, 1.165) is 34.7 Å². The second kappa shape index (κ2) is 9.71. The predicted octanol–water partition coefficient (Wildman–Crippen LogP) is 5.61. The van der Waals surface area contributed by atoms with Crippen LogP contribution in [-0.2, 0) is 13.0 Å². The van der Waals surface area contributed by atoms with Gasteiger partial charge in [0.15, 0.2) is 11.5 Å². The minimum Gasteiger partial charge on any atom is -0.490 e. The van der Waals surface area contributed by atoms with Gasteiger partial charge in [-0.2, -0.15) is 0 Å². The summed E-state index contributed by atoms with van der Waals surface area (Å²) in [6.07, 6.45) is 4.35. The van der Waals surface area contributed by atoms with E-state index < -0.39 is 0 Å². The molecule has 0 heterocycles. The molecule has 0 saturated heterocycles. The zero-order valence-corrected chi connectivity index (χ0v) is 16.1. The topological polar surface area (TPSA) is 30.5 Å². The van der Waals surface area contributed by atoms with Crippen LogP contribution in [0.2, 0.25) is 0 Å². The van der Waals surface area contributed by atoms with E-state index in [-0.39, 0.29) is 0 Å². The van der Waals surface area contributed by atoms with Gasteiger partial charge in [-0.1, -0.05) is 24.8 Å². The molecule has 2 aromatic rings. The maximum atomic E-state index is 5.86. The summed E-state index contributed by atoms with van der Waals surface area (Å²) in [5.41, 5.74) is 5.92. The summed E-state index contributed by atoms with van der Waals surface area (Å²) in [5.74, 6) is 1.55. The zero-order chi connectivity index (χ0) is 18.9. The molecule has 1 N–H and O–H groups in total. The van der Waals surface area contributed by atoms with Crippen molar-refractivity contribution in [2.75, 3.05) is 18.5 Å². The molecule has 0 radical (unpaired) electrons. The van der Waals surface area contributed by atoms with Gasteiger partial charge >= 0.3 is 0 Å². The lowest BCUT2D eigenvalue weighted by Crippen LogP contribution is -2.06. The number of anilines is 1. The Balaban J connectivity index is 2.27. The summed E-state index contributed by atoms with van der Waals surface area (Å²) in [5, 5.41) is 3.49. The summed E-state index contributed by atoms with van der Waals surface area (Å²) < 4.78 is 11.7. The minimum absolute atomic E-state index is 0.449. The molecule has 3 heteroatoms. The van der Waals surface area contributed by atoms with Crippen molar-refractivity contribution >= 4 is 5.69 Å². The van der Waals surface area contributed by atoms with Crippen molar-refractivity contribution in [2.45, 2.75) is 33.7 Å². The highest BCUT2D eigenvalue weighted by Crippen LogP contribution is 2.34. The van der Waals surface area contributed by atoms with E-state index in [2.05, 4.69) is 56.6 Å². The Labute approximate surface area is 157 Å². The van der Waals surface area contributed by atoms with Gasteiger partial charge in [-0.3, -0.25) is 0 Å². The first-order valence-corrected chi connectivity index (χ1v) is 9.03. The first-order valence-electron chi connectivity index (χ1n) is 9.03. The highest BCUT2D eigenvalue weighted by atomic mass is 16.5. The standard InChI is InChI=1S/C23H29NO2/c1-6-9-20-14-19(15-22(25-8-3)23(20)26-12-7-2)16-24-21-11-10-17(4)18(5)13-21/h6-7,10-11,13-15,24H,1-2,8-9,12,16H2,3-5H3. The molecule has 0 aliphatic heterocycles. The van der Waals surface area contributed by atoms with Crippen LogP contribution in [-0.4, -0.2) is 13.2 Å². The summed E-state index contributed by atoms with van der Waals surface area (Å²) >= 11 is 0. The van der Waals surface area contributed by atoms with Crippen molar-refractivity contribution in [3.63, 3.8) is 0 Å². The summed E-state index contributed by atoms with van der Waals surface area (Å²) in [6, 6.07) is 10.6. The lowest BCUT2D eigenvalue weighted by molar-refractivity contribution is 0.294. The fraction of sp³-hybridized carbons (Fsp3) is 0.304. The smallest absolute Gasteiger partial charge is 0.165 e. The maximum Gasteiger partial charge on any atom is 0.165 e. The SMILES string of the molecule is C=CCOc1c(CC=C)cc(CNc2ccc(C)c(C)c2)cc1OCC. The lowest BCUT2D eigenvalue weighted by atomic mass is 10.0. The van der Waals surface area contributed by atoms with Crippen molar-refractivity contribution < 1.29 is 9.47 Å². The molecule has 0 aliphatic rings. The van der Waals surface area contributed by atoms with Crippen LogP contribution in [0.3, 0.4) is 0 Å². The van der Waals surface area contributed by atoms with E-state index in [0.29, 0.717) is 19.8 Å². The fourth-order valence-corrected chi connectivity index (χ4v) is 2.76. The van der Waals surface area contributed by atoms with Crippen LogP contribution in [0, 0.1) is 13.8 Å². The fourth-order valence-electron chi connectivity index (χ4n) is 2.76. The molecule has 2 aromatic carbocycles. The third-order valence-corrected chi connectivity index (χ3v) is 4.20. The van der Waals surface area contributed by atoms with Gasteiger partial charge in [-0.15, -0.1) is 6.58 Å². The highest BCUT2D eigenvalue weighted by Gasteiger charge is 2.13. The van der Waals surface area contributed by atoms with Crippen LogP contribution in [0.15, 0.2) is 55.6 Å². The van der Waals surface area contributed by atoms with Crippen LogP contribution in [0.25, 0.3) is 0 Å². The van der Waals surface area contributed by atoms with E-state index in [9.17, 15) is 0 Å². The Morgan fingerprint density at radius 1 is 1.00 bits per heavy atom. The molecule has 3 nitrogen and oxygen atoms in total. The van der Waals surface area contributed by atoms with Gasteiger partial charge in [0, 0.05) is 17.8 Å². The third kappa shape index (κ3) is 5.16. The van der Waals surface area contributed by atoms with Crippen LogP contribution in [0.4, 0.5) is 5.69 Å². The van der Waals surface area contributed by atoms with Crippen molar-refractivity contribution in [3.8, 4) is 11.5 Å². The van der Waals surface area contributed by atoms with Crippen molar-refractivity contribution in [2.24, 2.45) is 0 Å². The Hall–Kier alpha value is -2.68. The molecule has 0 unspecified atom stereocenters. The largest absolute Gasteiger partial charge is 0.490 e. The van der Waals surface area contributed by atoms with E-state index >= 15 is 0 Å². The van der Waals surface area contributed by atoms with Gasteiger partial charge in [0.1, 0.15) is 6.61 Å². The number of hydrogen-bond donors (Lipinski definition) is 1. The quantitative estimate of drug-likeness (QED) is 0.565. The van der Waals surface area contributed by atoms with Gasteiger partial charge in [-0.05, 0) is 68.1 Å². The van der Waals surface area contributed by atoms with Crippen LogP contribution >= 0.6 is 0 Å². The number of benzene rings is 2. The van der Waals surface area contributed by atoms with Crippen LogP contribution < -0.4 is 14.8 Å². The van der Waals surface area contributed by atoms with Gasteiger partial charge in [0.05, 0.1) is 6.61 Å². The third-order valence-electron chi connectivity index (χ3n) is 4.20. The number of allylic oxidation sites excluding steroid dienone is 1. The first kappa shape index (κ1) is 19.6. The molecule has 0 aromatic heterocycles. The number of aryl methyl sites for hydroxylation is 2. The van der Waals surface area contributed by atoms with E-state index in [1.807, 2.05) is 19.1 Å². The van der Waals surface area contributed by atoms with Gasteiger partial charge < -0.3 is 14.8 Å². The minimum atomic E-state index is 0.449. The van der Waals surface area contributed by atoms with Gasteiger partial charge in [0.2, 0.25) is 0 Å². The zero-order valence-electron chi connectivity index (χ0n) is 16.1. The number of nitrogens with one attached hydrogen (secondary N) is 1. The molecule has 0 fully saturated rings. The molecule has 0 atom stereocenters. The molecular weight excluding hydrogens is 322 g/mol. The Morgan fingerprint density at radius 2 is 1.81 bits per heavy atom. The van der Waals surface area contributed by atoms with E-state index in [4.69, 9.17) is 9.47 Å². The summed E-state index contributed by atoms with van der Waals surface area (Å²) in [4.78, 5) is 0. The van der Waals surface area contributed by atoms with Crippen LogP contribution in [0.1, 0.15) is 29.2 Å². The number of rotatable bonds is 10. The second-order valence-corrected chi connectivity index (χ2v) is 6.26. The molecular formula is C23H29NO2. The molecule has 2 rings (SSSR count). The second-order valence-electron chi connectivity index (χ2n) is 6.26. The van der Waals surface area contributed by atoms with Gasteiger partial charge in [-0.25, -0.2) is 0 Å². The monoisotopic (exact) mass is 351 g/mol. The Bertz CT molecular complexity index is 765. The molecule has 0 amide bonds. The summed E-state index contributed by atoms with van der Waals surface area (Å²) in [7, 11) is 0. The Kier molecular flexibility index (Phi) is 7.34. The molecule has 0 bridgehead atoms. The van der Waals surface area contributed by atoms with E-state index in [1.165, 1.54) is 11.1 Å². The number of hydrogen-bond acceptors (Lipinski definition) is 3. The highest BCUT2D eigenvalue weighted by molar-refractivity contribution is 5.53. The van der Waals surface area contributed by atoms with Crippen LogP contribution in [0.5, 0.6) is 11.5 Å². The molecule has 0 saturated carbocycles. The Morgan fingerprint density at radius 3 is 2.46 bits per heavy atom. The summed E-state index contributed by atoms with van der Waals surface area (Å²) in [6.45, 7) is 15.6. The molecule has 0 spiro atoms. The van der Waals surface area contributed by atoms with Gasteiger partial charge in [0.25, 0.3) is 0 Å². The normalized spacial score (nSPS) is 10.3. The van der Waals surface area contributed by atoms with Crippen molar-refractivity contribution in [3.05, 3.63) is 77.9 Å². The predicted molar refractivity (Wildman–Crippen MR) is 110 cm³/mol. The maximum absolute atomic E-state index is 5.86. The average Bonchev–Trinajstić information content (AvgIpc) is 2.62. The molecule has 138 valence electrons. The van der Waals surface area contributed by atoms with Crippen molar-refractivity contribution in [1.82, 2.24) is 0 Å². The van der Waals surface area contributed by atoms with E-state index in [1.54, 1.807) is 6.08 Å². The van der Waals surface area contributed by atoms with Crippen molar-refractivity contribution in [1.29, 1.82) is 0 Å².